The summed E-state index contributed by atoms with van der Waals surface area (Å²) >= 11 is 0. The van der Waals surface area contributed by atoms with E-state index in [1.54, 1.807) is 30.1 Å². The number of ether oxygens (including phenoxy) is 1. The molecule has 0 bridgehead atoms. The Balaban J connectivity index is 1.99. The van der Waals surface area contributed by atoms with E-state index in [2.05, 4.69) is 16.0 Å². The molecule has 154 valence electrons. The van der Waals surface area contributed by atoms with E-state index in [1.165, 1.54) is 4.57 Å². The SMILES string of the molecule is CC1CN(C(=O)OC(C)(C)C)[C@@H](C)CN1c1cc(=O)n(C)c2ccc(C#N)nc12. The molecule has 0 radical (unpaired) electrons. The Morgan fingerprint density at radius 2 is 1.93 bits per heavy atom. The first-order chi connectivity index (χ1) is 13.5. The number of hydrogen-bond acceptors (Lipinski definition) is 6. The molecule has 1 saturated heterocycles. The number of amides is 1. The average molecular weight is 397 g/mol. The van der Waals surface area contributed by atoms with Gasteiger partial charge in [0, 0.05) is 38.3 Å². The van der Waals surface area contributed by atoms with Crippen molar-refractivity contribution in [2.45, 2.75) is 52.3 Å². The molecule has 2 aromatic heterocycles. The molecule has 0 N–H and O–H groups in total. The number of carbonyl (C=O) groups excluding carboxylic acids is 1. The third-order valence-corrected chi connectivity index (χ3v) is 5.11. The van der Waals surface area contributed by atoms with Crippen LogP contribution >= 0.6 is 0 Å². The van der Waals surface area contributed by atoms with Gasteiger partial charge in [0.15, 0.2) is 0 Å². The molecule has 8 nitrogen and oxygen atoms in total. The quantitative estimate of drug-likeness (QED) is 0.735. The maximum Gasteiger partial charge on any atom is 0.410 e. The molecule has 2 aromatic rings. The first kappa shape index (κ1) is 20.6. The fourth-order valence-corrected chi connectivity index (χ4v) is 3.63. The van der Waals surface area contributed by atoms with Crippen LogP contribution in [0.5, 0.6) is 0 Å². The Bertz CT molecular complexity index is 1050. The van der Waals surface area contributed by atoms with Crippen LogP contribution in [0.15, 0.2) is 23.0 Å². The van der Waals surface area contributed by atoms with Crippen molar-refractivity contribution in [3.63, 3.8) is 0 Å². The molecular weight excluding hydrogens is 370 g/mol. The lowest BCUT2D eigenvalue weighted by Gasteiger charge is -2.45. The minimum Gasteiger partial charge on any atom is -0.444 e. The number of carbonyl (C=O) groups is 1. The largest absolute Gasteiger partial charge is 0.444 e. The lowest BCUT2D eigenvalue weighted by atomic mass is 10.1. The predicted molar refractivity (Wildman–Crippen MR) is 111 cm³/mol. The number of hydrogen-bond donors (Lipinski definition) is 0. The van der Waals surface area contributed by atoms with Crippen molar-refractivity contribution in [2.75, 3.05) is 18.0 Å². The van der Waals surface area contributed by atoms with Crippen LogP contribution in [0.4, 0.5) is 10.5 Å². The standard InChI is InChI=1S/C21H27N5O3/c1-13-12-26(20(28)29-21(3,4)5)14(2)11-25(13)17-9-18(27)24(6)16-8-7-15(10-22)23-19(16)17/h7-9,13-14H,11-12H2,1-6H3/t13?,14-/m0/s1. The van der Waals surface area contributed by atoms with Crippen LogP contribution in [0.1, 0.15) is 40.3 Å². The maximum absolute atomic E-state index is 12.6. The molecule has 29 heavy (non-hydrogen) atoms. The topological polar surface area (TPSA) is 91.5 Å². The molecule has 0 spiro atoms. The third kappa shape index (κ3) is 4.04. The van der Waals surface area contributed by atoms with Crippen molar-refractivity contribution in [1.82, 2.24) is 14.5 Å². The second-order valence-corrected chi connectivity index (χ2v) is 8.59. The molecule has 0 saturated carbocycles. The van der Waals surface area contributed by atoms with Crippen LogP contribution in [0.2, 0.25) is 0 Å². The summed E-state index contributed by atoms with van der Waals surface area (Å²) in [7, 11) is 1.69. The molecule has 0 aliphatic carbocycles. The van der Waals surface area contributed by atoms with Gasteiger partial charge < -0.3 is 19.1 Å². The summed E-state index contributed by atoms with van der Waals surface area (Å²) < 4.78 is 7.06. The van der Waals surface area contributed by atoms with Crippen molar-refractivity contribution >= 4 is 22.8 Å². The molecule has 3 rings (SSSR count). The smallest absolute Gasteiger partial charge is 0.410 e. The first-order valence-electron chi connectivity index (χ1n) is 9.69. The first-order valence-corrected chi connectivity index (χ1v) is 9.69. The number of aromatic nitrogens is 2. The van der Waals surface area contributed by atoms with Gasteiger partial charge in [0.2, 0.25) is 0 Å². The molecule has 0 aromatic carbocycles. The van der Waals surface area contributed by atoms with Crippen LogP contribution in [-0.2, 0) is 11.8 Å². The minimum absolute atomic E-state index is 0.0541. The Morgan fingerprint density at radius 3 is 2.55 bits per heavy atom. The van der Waals surface area contributed by atoms with Gasteiger partial charge in [-0.3, -0.25) is 4.79 Å². The number of anilines is 1. The van der Waals surface area contributed by atoms with Crippen molar-refractivity contribution in [3.05, 3.63) is 34.2 Å². The zero-order valence-electron chi connectivity index (χ0n) is 17.8. The van der Waals surface area contributed by atoms with E-state index < -0.39 is 5.60 Å². The summed E-state index contributed by atoms with van der Waals surface area (Å²) in [6.07, 6.45) is -0.338. The number of nitriles is 1. The molecule has 1 unspecified atom stereocenters. The molecule has 1 amide bonds. The highest BCUT2D eigenvalue weighted by atomic mass is 16.6. The van der Waals surface area contributed by atoms with Crippen LogP contribution in [-0.4, -0.2) is 51.3 Å². The monoisotopic (exact) mass is 397 g/mol. The molecule has 2 atom stereocenters. The summed E-state index contributed by atoms with van der Waals surface area (Å²) in [6, 6.07) is 6.81. The van der Waals surface area contributed by atoms with Crippen LogP contribution < -0.4 is 10.5 Å². The van der Waals surface area contributed by atoms with Gasteiger partial charge in [-0.15, -0.1) is 0 Å². The van der Waals surface area contributed by atoms with Crippen LogP contribution in [0.3, 0.4) is 0 Å². The predicted octanol–water partition coefficient (Wildman–Crippen LogP) is 2.64. The van der Waals surface area contributed by atoms with Crippen LogP contribution in [0.25, 0.3) is 11.0 Å². The molecule has 1 aliphatic rings. The second-order valence-electron chi connectivity index (χ2n) is 8.59. The van der Waals surface area contributed by atoms with Crippen molar-refractivity contribution < 1.29 is 9.53 Å². The highest BCUT2D eigenvalue weighted by Gasteiger charge is 2.35. The van der Waals surface area contributed by atoms with Crippen LogP contribution in [0, 0.1) is 11.3 Å². The maximum atomic E-state index is 12.6. The van der Waals surface area contributed by atoms with Gasteiger partial charge in [-0.25, -0.2) is 9.78 Å². The van der Waals surface area contributed by atoms with Gasteiger partial charge in [0.1, 0.15) is 22.9 Å². The number of pyridine rings is 2. The van der Waals surface area contributed by atoms with Gasteiger partial charge in [0.25, 0.3) is 5.56 Å². The summed E-state index contributed by atoms with van der Waals surface area (Å²) in [4.78, 5) is 33.4. The van der Waals surface area contributed by atoms with E-state index in [1.807, 2.05) is 34.6 Å². The Labute approximate surface area is 170 Å². The highest BCUT2D eigenvalue weighted by molar-refractivity contribution is 5.89. The minimum atomic E-state index is -0.559. The molecular formula is C21H27N5O3. The number of rotatable bonds is 1. The number of aryl methyl sites for hydroxylation is 1. The Kier molecular flexibility index (Phi) is 5.26. The fourth-order valence-electron chi connectivity index (χ4n) is 3.63. The van der Waals surface area contributed by atoms with E-state index >= 15 is 0 Å². The summed E-state index contributed by atoms with van der Waals surface area (Å²) in [5.74, 6) is 0. The van der Waals surface area contributed by atoms with Gasteiger partial charge in [-0.2, -0.15) is 5.26 Å². The van der Waals surface area contributed by atoms with Crippen molar-refractivity contribution in [3.8, 4) is 6.07 Å². The van der Waals surface area contributed by atoms with E-state index in [0.29, 0.717) is 35.5 Å². The number of piperazine rings is 1. The Hall–Kier alpha value is -3.08. The normalized spacial score (nSPS) is 19.9. The van der Waals surface area contributed by atoms with E-state index in [-0.39, 0.29) is 23.7 Å². The fraction of sp³-hybridized carbons (Fsp3) is 0.524. The average Bonchev–Trinajstić information content (AvgIpc) is 2.64. The molecule has 1 aliphatic heterocycles. The lowest BCUT2D eigenvalue weighted by Crippen LogP contribution is -2.59. The van der Waals surface area contributed by atoms with Crippen molar-refractivity contribution in [2.24, 2.45) is 7.05 Å². The van der Waals surface area contributed by atoms with Gasteiger partial charge in [-0.1, -0.05) is 0 Å². The Morgan fingerprint density at radius 1 is 1.24 bits per heavy atom. The highest BCUT2D eigenvalue weighted by Crippen LogP contribution is 2.29. The number of fused-ring (bicyclic) bond motifs is 1. The van der Waals surface area contributed by atoms with Gasteiger partial charge in [0.05, 0.1) is 11.2 Å². The van der Waals surface area contributed by atoms with Gasteiger partial charge in [-0.05, 0) is 46.8 Å². The van der Waals surface area contributed by atoms with E-state index in [4.69, 9.17) is 4.74 Å². The zero-order valence-corrected chi connectivity index (χ0v) is 17.8. The third-order valence-electron chi connectivity index (χ3n) is 5.11. The van der Waals surface area contributed by atoms with Gasteiger partial charge >= 0.3 is 6.09 Å². The molecule has 8 heteroatoms. The second kappa shape index (κ2) is 7.39. The van der Waals surface area contributed by atoms with E-state index in [9.17, 15) is 14.9 Å². The summed E-state index contributed by atoms with van der Waals surface area (Å²) in [6.45, 7) is 10.5. The van der Waals surface area contributed by atoms with Crippen molar-refractivity contribution in [1.29, 1.82) is 5.26 Å². The lowest BCUT2D eigenvalue weighted by molar-refractivity contribution is 0.0130. The summed E-state index contributed by atoms with van der Waals surface area (Å²) in [5.41, 5.74) is 1.55. The molecule has 3 heterocycles. The molecule has 1 fully saturated rings. The summed E-state index contributed by atoms with van der Waals surface area (Å²) in [5, 5.41) is 9.25. The number of nitrogens with zero attached hydrogens (tertiary/aromatic N) is 5. The van der Waals surface area contributed by atoms with E-state index in [0.717, 1.165) is 0 Å². The zero-order chi connectivity index (χ0) is 21.5.